The number of benzene rings is 2. The van der Waals surface area contributed by atoms with Gasteiger partial charge in [-0.1, -0.05) is 18.2 Å². The molecule has 0 spiro atoms. The van der Waals surface area contributed by atoms with Crippen LogP contribution in [0.4, 0.5) is 5.69 Å². The Labute approximate surface area is 154 Å². The summed E-state index contributed by atoms with van der Waals surface area (Å²) >= 11 is 7.37. The van der Waals surface area contributed by atoms with Crippen molar-refractivity contribution in [2.45, 2.75) is 0 Å². The SMILES string of the molecule is COc1cc(C=NNC(=S)Nc2ccccc2)cc(I)c1OC. The fourth-order valence-electron chi connectivity index (χ4n) is 1.86. The van der Waals surface area contributed by atoms with Gasteiger partial charge in [0.2, 0.25) is 0 Å². The maximum atomic E-state index is 5.31. The minimum atomic E-state index is 0.419. The van der Waals surface area contributed by atoms with Crippen molar-refractivity contribution in [3.63, 3.8) is 0 Å². The van der Waals surface area contributed by atoms with Gasteiger partial charge in [0.15, 0.2) is 16.6 Å². The van der Waals surface area contributed by atoms with E-state index in [0.717, 1.165) is 14.8 Å². The van der Waals surface area contributed by atoms with Gasteiger partial charge in [-0.25, -0.2) is 0 Å². The number of ether oxygens (including phenoxy) is 2. The molecule has 0 amide bonds. The van der Waals surface area contributed by atoms with Crippen molar-refractivity contribution in [2.75, 3.05) is 19.5 Å². The van der Waals surface area contributed by atoms with E-state index in [0.29, 0.717) is 16.6 Å². The highest BCUT2D eigenvalue weighted by Gasteiger charge is 2.09. The number of para-hydroxylation sites is 1. The van der Waals surface area contributed by atoms with Gasteiger partial charge in [0.1, 0.15) is 0 Å². The predicted molar refractivity (Wildman–Crippen MR) is 106 cm³/mol. The number of hydrogen-bond acceptors (Lipinski definition) is 4. The maximum absolute atomic E-state index is 5.31. The van der Waals surface area contributed by atoms with Crippen LogP contribution in [0.3, 0.4) is 0 Å². The molecule has 0 atom stereocenters. The topological polar surface area (TPSA) is 54.9 Å². The molecule has 2 rings (SSSR count). The molecule has 2 aromatic rings. The zero-order valence-electron chi connectivity index (χ0n) is 12.7. The van der Waals surface area contributed by atoms with Crippen molar-refractivity contribution in [2.24, 2.45) is 5.10 Å². The number of nitrogens with one attached hydrogen (secondary N) is 2. The highest BCUT2D eigenvalue weighted by molar-refractivity contribution is 14.1. The maximum Gasteiger partial charge on any atom is 0.191 e. The second-order valence-electron chi connectivity index (χ2n) is 4.43. The molecule has 0 aliphatic rings. The molecule has 0 aliphatic carbocycles. The van der Waals surface area contributed by atoms with Crippen LogP contribution < -0.4 is 20.2 Å². The molecule has 0 fully saturated rings. The molecule has 0 radical (unpaired) electrons. The average Bonchev–Trinajstić information content (AvgIpc) is 2.55. The van der Waals surface area contributed by atoms with E-state index in [2.05, 4.69) is 38.4 Å². The molecule has 0 aromatic heterocycles. The smallest absolute Gasteiger partial charge is 0.191 e. The standard InChI is InChI=1S/C16H16IN3O2S/c1-21-14-9-11(8-13(17)15(14)22-2)10-18-20-16(23)19-12-6-4-3-5-7-12/h3-10H,1-2H3,(H2,19,20,23). The molecule has 0 saturated carbocycles. The van der Waals surface area contributed by atoms with Crippen molar-refractivity contribution in [1.82, 2.24) is 5.43 Å². The molecular weight excluding hydrogens is 425 g/mol. The van der Waals surface area contributed by atoms with Crippen molar-refractivity contribution >= 4 is 51.8 Å². The van der Waals surface area contributed by atoms with E-state index >= 15 is 0 Å². The minimum absolute atomic E-state index is 0.419. The van der Waals surface area contributed by atoms with Crippen molar-refractivity contribution < 1.29 is 9.47 Å². The molecule has 2 aromatic carbocycles. The van der Waals surface area contributed by atoms with Crippen LogP contribution >= 0.6 is 34.8 Å². The lowest BCUT2D eigenvalue weighted by Gasteiger charge is -2.10. The van der Waals surface area contributed by atoms with Gasteiger partial charge in [0.25, 0.3) is 0 Å². The van der Waals surface area contributed by atoms with Gasteiger partial charge < -0.3 is 14.8 Å². The van der Waals surface area contributed by atoms with Gasteiger partial charge in [0, 0.05) is 5.69 Å². The predicted octanol–water partition coefficient (Wildman–Crippen LogP) is 3.63. The molecule has 0 unspecified atom stereocenters. The van der Waals surface area contributed by atoms with Gasteiger partial charge in [-0.15, -0.1) is 0 Å². The Morgan fingerprint density at radius 2 is 1.91 bits per heavy atom. The first kappa shape index (κ1) is 17.5. The van der Waals surface area contributed by atoms with E-state index < -0.39 is 0 Å². The fraction of sp³-hybridized carbons (Fsp3) is 0.125. The van der Waals surface area contributed by atoms with Crippen molar-refractivity contribution in [1.29, 1.82) is 0 Å². The molecule has 0 bridgehead atoms. The number of halogens is 1. The Balaban J connectivity index is 2.00. The van der Waals surface area contributed by atoms with E-state index in [4.69, 9.17) is 21.7 Å². The summed E-state index contributed by atoms with van der Waals surface area (Å²) in [5, 5.41) is 7.59. The molecule has 5 nitrogen and oxygen atoms in total. The third kappa shape index (κ3) is 5.07. The van der Waals surface area contributed by atoms with Crippen LogP contribution in [0.5, 0.6) is 11.5 Å². The summed E-state index contributed by atoms with van der Waals surface area (Å²) in [6.07, 6.45) is 1.67. The largest absolute Gasteiger partial charge is 0.493 e. The van der Waals surface area contributed by atoms with Crippen LogP contribution in [-0.4, -0.2) is 25.5 Å². The lowest BCUT2D eigenvalue weighted by atomic mass is 10.2. The summed E-state index contributed by atoms with van der Waals surface area (Å²) in [7, 11) is 3.22. The monoisotopic (exact) mass is 441 g/mol. The lowest BCUT2D eigenvalue weighted by molar-refractivity contribution is 0.353. The number of anilines is 1. The van der Waals surface area contributed by atoms with Crippen LogP contribution in [0.2, 0.25) is 0 Å². The zero-order valence-corrected chi connectivity index (χ0v) is 15.6. The minimum Gasteiger partial charge on any atom is -0.493 e. The molecule has 23 heavy (non-hydrogen) atoms. The molecule has 7 heteroatoms. The molecule has 2 N–H and O–H groups in total. The lowest BCUT2D eigenvalue weighted by Crippen LogP contribution is -2.23. The summed E-state index contributed by atoms with van der Waals surface area (Å²) < 4.78 is 11.6. The van der Waals surface area contributed by atoms with Gasteiger partial charge in [-0.05, 0) is 64.6 Å². The van der Waals surface area contributed by atoms with Gasteiger partial charge in [-0.3, -0.25) is 5.43 Å². The Kier molecular flexibility index (Phi) is 6.60. The third-order valence-electron chi connectivity index (χ3n) is 2.87. The molecule has 0 aliphatic heterocycles. The number of hydrogen-bond donors (Lipinski definition) is 2. The van der Waals surface area contributed by atoms with E-state index in [1.807, 2.05) is 42.5 Å². The fourth-order valence-corrected chi connectivity index (χ4v) is 2.87. The highest BCUT2D eigenvalue weighted by Crippen LogP contribution is 2.32. The van der Waals surface area contributed by atoms with Gasteiger partial charge >= 0.3 is 0 Å². The van der Waals surface area contributed by atoms with Crippen molar-refractivity contribution in [3.05, 3.63) is 51.6 Å². The molecular formula is C16H16IN3O2S. The van der Waals surface area contributed by atoms with E-state index in [1.165, 1.54) is 0 Å². The van der Waals surface area contributed by atoms with Crippen molar-refractivity contribution in [3.8, 4) is 11.5 Å². The number of nitrogens with zero attached hydrogens (tertiary/aromatic N) is 1. The second kappa shape index (κ2) is 8.68. The normalized spacial score (nSPS) is 10.4. The van der Waals surface area contributed by atoms with Crippen LogP contribution in [0, 0.1) is 3.57 Å². The highest BCUT2D eigenvalue weighted by atomic mass is 127. The van der Waals surface area contributed by atoms with Crippen LogP contribution in [0.25, 0.3) is 0 Å². The molecule has 0 heterocycles. The number of methoxy groups -OCH3 is 2. The Morgan fingerprint density at radius 3 is 2.57 bits per heavy atom. The van der Waals surface area contributed by atoms with Crippen LogP contribution in [0.15, 0.2) is 47.6 Å². The summed E-state index contributed by atoms with van der Waals surface area (Å²) in [6, 6.07) is 13.4. The average molecular weight is 441 g/mol. The van der Waals surface area contributed by atoms with E-state index in [9.17, 15) is 0 Å². The Bertz CT molecular complexity index is 708. The van der Waals surface area contributed by atoms with E-state index in [-0.39, 0.29) is 0 Å². The van der Waals surface area contributed by atoms with Crippen LogP contribution in [0.1, 0.15) is 5.56 Å². The summed E-state index contributed by atoms with van der Waals surface area (Å²) in [4.78, 5) is 0. The number of rotatable bonds is 5. The summed E-state index contributed by atoms with van der Waals surface area (Å²) in [6.45, 7) is 0. The molecule has 0 saturated heterocycles. The Hall–Kier alpha value is -1.87. The summed E-state index contributed by atoms with van der Waals surface area (Å²) in [5.74, 6) is 1.37. The Morgan fingerprint density at radius 1 is 1.17 bits per heavy atom. The second-order valence-corrected chi connectivity index (χ2v) is 6.00. The first-order valence-corrected chi connectivity index (χ1v) is 8.19. The number of thiocarbonyl (C=S) groups is 1. The van der Waals surface area contributed by atoms with E-state index in [1.54, 1.807) is 20.4 Å². The first-order valence-electron chi connectivity index (χ1n) is 6.70. The molecule has 120 valence electrons. The summed E-state index contributed by atoms with van der Waals surface area (Å²) in [5.41, 5.74) is 4.56. The van der Waals surface area contributed by atoms with Crippen LogP contribution in [-0.2, 0) is 0 Å². The first-order chi connectivity index (χ1) is 11.1. The van der Waals surface area contributed by atoms with Gasteiger partial charge in [-0.2, -0.15) is 5.10 Å². The quantitative estimate of drug-likeness (QED) is 0.321. The number of hydrazone groups is 1. The zero-order chi connectivity index (χ0) is 16.7. The van der Waals surface area contributed by atoms with Gasteiger partial charge in [0.05, 0.1) is 24.0 Å². The third-order valence-corrected chi connectivity index (χ3v) is 3.86.